The average molecular weight is 296 g/mol. The topological polar surface area (TPSA) is 110 Å². The van der Waals surface area contributed by atoms with Crippen LogP contribution < -0.4 is 16.6 Å². The van der Waals surface area contributed by atoms with E-state index in [0.717, 1.165) is 12.8 Å². The second-order valence-electron chi connectivity index (χ2n) is 5.90. The number of alkyl carbamates (subject to hydrolysis) is 1. The number of anilines is 1. The summed E-state index contributed by atoms with van der Waals surface area (Å²) in [6.07, 6.45) is 1.70. The molecule has 0 aromatic carbocycles. The zero-order chi connectivity index (χ0) is 16.0. The SMILES string of the molecule is Cc1nc(N)[nH]c(=O)c1CCCCNC(=O)OC(C)(C)C. The van der Waals surface area contributed by atoms with Crippen molar-refractivity contribution in [1.29, 1.82) is 0 Å². The molecular weight excluding hydrogens is 272 g/mol. The Labute approximate surface area is 124 Å². The lowest BCUT2D eigenvalue weighted by Gasteiger charge is -2.19. The molecule has 0 bridgehead atoms. The zero-order valence-corrected chi connectivity index (χ0v) is 13.1. The first kappa shape index (κ1) is 17.0. The van der Waals surface area contributed by atoms with Gasteiger partial charge in [0.1, 0.15) is 5.60 Å². The monoisotopic (exact) mass is 296 g/mol. The van der Waals surface area contributed by atoms with Gasteiger partial charge in [-0.15, -0.1) is 0 Å². The first-order valence-electron chi connectivity index (χ1n) is 7.01. The molecule has 7 heteroatoms. The highest BCUT2D eigenvalue weighted by molar-refractivity contribution is 5.67. The lowest BCUT2D eigenvalue weighted by atomic mass is 10.1. The molecule has 0 aliphatic carbocycles. The molecule has 1 heterocycles. The number of carbonyl (C=O) groups excluding carboxylic acids is 1. The van der Waals surface area contributed by atoms with Crippen molar-refractivity contribution in [3.05, 3.63) is 21.6 Å². The van der Waals surface area contributed by atoms with Crippen LogP contribution in [0, 0.1) is 6.92 Å². The second kappa shape index (κ2) is 7.10. The van der Waals surface area contributed by atoms with E-state index in [9.17, 15) is 9.59 Å². The standard InChI is InChI=1S/C14H24N4O3/c1-9-10(11(19)18-12(15)17-9)7-5-6-8-16-13(20)21-14(2,3)4/h5-8H2,1-4H3,(H,16,20)(H3,15,17,18,19). The van der Waals surface area contributed by atoms with Crippen molar-refractivity contribution < 1.29 is 9.53 Å². The molecule has 0 radical (unpaired) electrons. The molecule has 1 aromatic rings. The van der Waals surface area contributed by atoms with Gasteiger partial charge in [0.25, 0.3) is 5.56 Å². The summed E-state index contributed by atoms with van der Waals surface area (Å²) in [6, 6.07) is 0. The number of nitrogens with two attached hydrogens (primary N) is 1. The van der Waals surface area contributed by atoms with Crippen LogP contribution in [0.4, 0.5) is 10.7 Å². The van der Waals surface area contributed by atoms with Crippen molar-refractivity contribution in [3.8, 4) is 0 Å². The van der Waals surface area contributed by atoms with Gasteiger partial charge < -0.3 is 15.8 Å². The third kappa shape index (κ3) is 6.29. The Morgan fingerprint density at radius 1 is 1.38 bits per heavy atom. The minimum atomic E-state index is -0.496. The highest BCUT2D eigenvalue weighted by Gasteiger charge is 2.15. The fourth-order valence-electron chi connectivity index (χ4n) is 1.86. The molecule has 0 spiro atoms. The highest BCUT2D eigenvalue weighted by Crippen LogP contribution is 2.07. The third-order valence-electron chi connectivity index (χ3n) is 2.76. The fourth-order valence-corrected chi connectivity index (χ4v) is 1.86. The Hall–Kier alpha value is -2.05. The minimum Gasteiger partial charge on any atom is -0.444 e. The summed E-state index contributed by atoms with van der Waals surface area (Å²) < 4.78 is 5.13. The minimum absolute atomic E-state index is 0.132. The van der Waals surface area contributed by atoms with Gasteiger partial charge in [0.15, 0.2) is 0 Å². The molecule has 4 N–H and O–H groups in total. The van der Waals surface area contributed by atoms with Crippen LogP contribution in [-0.4, -0.2) is 28.2 Å². The molecule has 1 rings (SSSR count). The maximum atomic E-state index is 11.7. The highest BCUT2D eigenvalue weighted by atomic mass is 16.6. The van der Waals surface area contributed by atoms with Crippen LogP contribution in [0.25, 0.3) is 0 Å². The molecule has 118 valence electrons. The van der Waals surface area contributed by atoms with Crippen LogP contribution in [0.2, 0.25) is 0 Å². The van der Waals surface area contributed by atoms with Crippen LogP contribution in [0.15, 0.2) is 4.79 Å². The van der Waals surface area contributed by atoms with Crippen molar-refractivity contribution in [2.75, 3.05) is 12.3 Å². The van der Waals surface area contributed by atoms with E-state index in [1.54, 1.807) is 6.92 Å². The molecule has 0 aliphatic rings. The van der Waals surface area contributed by atoms with E-state index in [0.29, 0.717) is 24.2 Å². The van der Waals surface area contributed by atoms with E-state index in [2.05, 4.69) is 15.3 Å². The van der Waals surface area contributed by atoms with Gasteiger partial charge in [-0.05, 0) is 47.0 Å². The molecule has 0 atom stereocenters. The number of nitrogens with zero attached hydrogens (tertiary/aromatic N) is 1. The number of aromatic amines is 1. The summed E-state index contributed by atoms with van der Waals surface area (Å²) >= 11 is 0. The van der Waals surface area contributed by atoms with Gasteiger partial charge in [0.05, 0.1) is 0 Å². The van der Waals surface area contributed by atoms with Crippen LogP contribution in [-0.2, 0) is 11.2 Å². The smallest absolute Gasteiger partial charge is 0.407 e. The zero-order valence-electron chi connectivity index (χ0n) is 13.1. The fraction of sp³-hybridized carbons (Fsp3) is 0.643. The van der Waals surface area contributed by atoms with Gasteiger partial charge in [-0.3, -0.25) is 9.78 Å². The number of carbonyl (C=O) groups is 1. The molecule has 0 aliphatic heterocycles. The van der Waals surface area contributed by atoms with Gasteiger partial charge in [-0.1, -0.05) is 0 Å². The quantitative estimate of drug-likeness (QED) is 0.713. The van der Waals surface area contributed by atoms with E-state index in [-0.39, 0.29) is 11.5 Å². The van der Waals surface area contributed by atoms with E-state index in [4.69, 9.17) is 10.5 Å². The van der Waals surface area contributed by atoms with Gasteiger partial charge in [0, 0.05) is 17.8 Å². The lowest BCUT2D eigenvalue weighted by Crippen LogP contribution is -2.33. The third-order valence-corrected chi connectivity index (χ3v) is 2.76. The van der Waals surface area contributed by atoms with Crippen molar-refractivity contribution in [2.45, 2.75) is 52.6 Å². The van der Waals surface area contributed by atoms with E-state index in [1.165, 1.54) is 0 Å². The van der Waals surface area contributed by atoms with Crippen LogP contribution in [0.1, 0.15) is 44.9 Å². The second-order valence-corrected chi connectivity index (χ2v) is 5.90. The Balaban J connectivity index is 2.33. The summed E-state index contributed by atoms with van der Waals surface area (Å²) in [7, 11) is 0. The summed E-state index contributed by atoms with van der Waals surface area (Å²) in [6.45, 7) is 7.72. The maximum Gasteiger partial charge on any atom is 0.407 e. The van der Waals surface area contributed by atoms with E-state index in [1.807, 2.05) is 20.8 Å². The number of hydrogen-bond acceptors (Lipinski definition) is 5. The summed E-state index contributed by atoms with van der Waals surface area (Å²) in [5.74, 6) is 0.132. The first-order chi connectivity index (χ1) is 9.69. The normalized spacial score (nSPS) is 11.2. The number of unbranched alkanes of at least 4 members (excludes halogenated alkanes) is 1. The Kier molecular flexibility index (Phi) is 5.75. The number of rotatable bonds is 5. The molecule has 21 heavy (non-hydrogen) atoms. The van der Waals surface area contributed by atoms with E-state index < -0.39 is 11.7 Å². The summed E-state index contributed by atoms with van der Waals surface area (Å²) in [4.78, 5) is 29.7. The molecule has 0 saturated carbocycles. The number of hydrogen-bond donors (Lipinski definition) is 3. The summed E-state index contributed by atoms with van der Waals surface area (Å²) in [5.41, 5.74) is 6.06. The van der Waals surface area contributed by atoms with Gasteiger partial charge in [-0.2, -0.15) is 0 Å². The van der Waals surface area contributed by atoms with Crippen LogP contribution in [0.3, 0.4) is 0 Å². The number of nitrogen functional groups attached to an aromatic ring is 1. The van der Waals surface area contributed by atoms with Gasteiger partial charge in [-0.25, -0.2) is 9.78 Å². The van der Waals surface area contributed by atoms with Crippen molar-refractivity contribution in [1.82, 2.24) is 15.3 Å². The number of ether oxygens (including phenoxy) is 1. The molecule has 1 amide bonds. The molecule has 7 nitrogen and oxygen atoms in total. The molecule has 0 unspecified atom stereocenters. The Morgan fingerprint density at radius 3 is 2.62 bits per heavy atom. The predicted molar refractivity (Wildman–Crippen MR) is 81.2 cm³/mol. The van der Waals surface area contributed by atoms with Gasteiger partial charge in [0.2, 0.25) is 5.95 Å². The van der Waals surface area contributed by atoms with Crippen molar-refractivity contribution in [2.24, 2.45) is 0 Å². The van der Waals surface area contributed by atoms with Crippen molar-refractivity contribution in [3.63, 3.8) is 0 Å². The molecule has 0 saturated heterocycles. The molecule has 1 aromatic heterocycles. The van der Waals surface area contributed by atoms with Crippen molar-refractivity contribution >= 4 is 12.0 Å². The number of nitrogens with one attached hydrogen (secondary N) is 2. The summed E-state index contributed by atoms with van der Waals surface area (Å²) in [5, 5.41) is 2.68. The molecule has 0 fully saturated rings. The number of aromatic nitrogens is 2. The van der Waals surface area contributed by atoms with Crippen LogP contribution in [0.5, 0.6) is 0 Å². The number of aryl methyl sites for hydroxylation is 1. The van der Waals surface area contributed by atoms with Gasteiger partial charge >= 0.3 is 6.09 Å². The average Bonchev–Trinajstić information content (AvgIpc) is 2.29. The van der Waals surface area contributed by atoms with E-state index >= 15 is 0 Å². The Bertz CT molecular complexity index is 546. The largest absolute Gasteiger partial charge is 0.444 e. The lowest BCUT2D eigenvalue weighted by molar-refractivity contribution is 0.0527. The Morgan fingerprint density at radius 2 is 2.05 bits per heavy atom. The number of amides is 1. The predicted octanol–water partition coefficient (Wildman–Crippen LogP) is 1.51. The first-order valence-corrected chi connectivity index (χ1v) is 7.01. The maximum absolute atomic E-state index is 11.7. The molecular formula is C14H24N4O3. The van der Waals surface area contributed by atoms with Crippen LogP contribution >= 0.6 is 0 Å². The number of H-pyrrole nitrogens is 1.